The third kappa shape index (κ3) is 4.07. The van der Waals surface area contributed by atoms with Gasteiger partial charge in [-0.25, -0.2) is 0 Å². The van der Waals surface area contributed by atoms with Gasteiger partial charge in [0.2, 0.25) is 5.91 Å². The predicted octanol–water partition coefficient (Wildman–Crippen LogP) is 3.35. The number of hydrogen-bond acceptors (Lipinski definition) is 2. The zero-order chi connectivity index (χ0) is 13.7. The molecule has 1 aromatic heterocycles. The number of benzene rings is 1. The maximum Gasteiger partial charge on any atom is 0.248 e. The minimum Gasteiger partial charge on any atom is -0.322 e. The molecule has 1 N–H and O–H groups in total. The van der Waals surface area contributed by atoms with Crippen LogP contribution in [-0.2, 0) is 4.79 Å². The SMILES string of the molecule is Cc1cc(C)cc(NC(=O)/C=C/c2ccccn2)c1. The van der Waals surface area contributed by atoms with Gasteiger partial charge >= 0.3 is 0 Å². The van der Waals surface area contributed by atoms with Gasteiger partial charge in [-0.05, 0) is 55.3 Å². The molecule has 0 unspecified atom stereocenters. The summed E-state index contributed by atoms with van der Waals surface area (Å²) >= 11 is 0. The van der Waals surface area contributed by atoms with E-state index >= 15 is 0 Å². The topological polar surface area (TPSA) is 42.0 Å². The van der Waals surface area contributed by atoms with E-state index in [0.717, 1.165) is 22.5 Å². The van der Waals surface area contributed by atoms with Gasteiger partial charge in [0, 0.05) is 18.0 Å². The highest BCUT2D eigenvalue weighted by Crippen LogP contribution is 2.13. The number of amides is 1. The summed E-state index contributed by atoms with van der Waals surface area (Å²) in [6.45, 7) is 4.01. The molecule has 96 valence electrons. The average molecular weight is 252 g/mol. The smallest absolute Gasteiger partial charge is 0.248 e. The van der Waals surface area contributed by atoms with Crippen molar-refractivity contribution in [1.82, 2.24) is 4.98 Å². The lowest BCUT2D eigenvalue weighted by molar-refractivity contribution is -0.111. The second-order valence-electron chi connectivity index (χ2n) is 4.45. The normalized spacial score (nSPS) is 10.6. The molecule has 2 aromatic rings. The second kappa shape index (κ2) is 5.96. The molecule has 0 radical (unpaired) electrons. The van der Waals surface area contributed by atoms with E-state index in [-0.39, 0.29) is 5.91 Å². The van der Waals surface area contributed by atoms with Gasteiger partial charge in [0.1, 0.15) is 0 Å². The first kappa shape index (κ1) is 13.0. The van der Waals surface area contributed by atoms with Crippen LogP contribution in [0.5, 0.6) is 0 Å². The largest absolute Gasteiger partial charge is 0.322 e. The fourth-order valence-corrected chi connectivity index (χ4v) is 1.87. The van der Waals surface area contributed by atoms with E-state index in [1.54, 1.807) is 12.3 Å². The maximum atomic E-state index is 11.8. The zero-order valence-electron chi connectivity index (χ0n) is 11.1. The highest BCUT2D eigenvalue weighted by atomic mass is 16.1. The predicted molar refractivity (Wildman–Crippen MR) is 77.8 cm³/mol. The van der Waals surface area contributed by atoms with E-state index in [0.29, 0.717) is 0 Å². The van der Waals surface area contributed by atoms with Gasteiger partial charge in [-0.2, -0.15) is 0 Å². The zero-order valence-corrected chi connectivity index (χ0v) is 11.1. The summed E-state index contributed by atoms with van der Waals surface area (Å²) in [5.41, 5.74) is 3.83. The number of aryl methyl sites for hydroxylation is 2. The minimum atomic E-state index is -0.157. The van der Waals surface area contributed by atoms with Crippen molar-refractivity contribution in [3.05, 3.63) is 65.5 Å². The van der Waals surface area contributed by atoms with E-state index in [4.69, 9.17) is 0 Å². The summed E-state index contributed by atoms with van der Waals surface area (Å²) < 4.78 is 0. The van der Waals surface area contributed by atoms with Gasteiger partial charge in [-0.15, -0.1) is 0 Å². The van der Waals surface area contributed by atoms with E-state index in [9.17, 15) is 4.79 Å². The third-order valence-electron chi connectivity index (χ3n) is 2.58. The van der Waals surface area contributed by atoms with Crippen LogP contribution in [0.4, 0.5) is 5.69 Å². The monoisotopic (exact) mass is 252 g/mol. The summed E-state index contributed by atoms with van der Waals surface area (Å²) in [5, 5.41) is 2.84. The van der Waals surface area contributed by atoms with Crippen molar-refractivity contribution in [2.24, 2.45) is 0 Å². The Kier molecular flexibility index (Phi) is 4.08. The Labute approximate surface area is 113 Å². The molecule has 3 nitrogen and oxygen atoms in total. The molecule has 2 rings (SSSR count). The number of carbonyl (C=O) groups is 1. The fourth-order valence-electron chi connectivity index (χ4n) is 1.87. The van der Waals surface area contributed by atoms with Gasteiger partial charge in [0.05, 0.1) is 5.69 Å². The molecule has 0 spiro atoms. The molecule has 0 aliphatic carbocycles. The molecule has 0 aliphatic heterocycles. The van der Waals surface area contributed by atoms with Crippen LogP contribution >= 0.6 is 0 Å². The first-order chi connectivity index (χ1) is 9.13. The highest BCUT2D eigenvalue weighted by Gasteiger charge is 1.99. The van der Waals surface area contributed by atoms with Crippen LogP contribution < -0.4 is 5.32 Å². The first-order valence-corrected chi connectivity index (χ1v) is 6.12. The van der Waals surface area contributed by atoms with Gasteiger partial charge in [0.25, 0.3) is 0 Å². The maximum absolute atomic E-state index is 11.8. The van der Waals surface area contributed by atoms with Crippen LogP contribution in [-0.4, -0.2) is 10.9 Å². The van der Waals surface area contributed by atoms with Crippen LogP contribution in [0.3, 0.4) is 0 Å². The Morgan fingerprint density at radius 2 is 1.89 bits per heavy atom. The van der Waals surface area contributed by atoms with Crippen LogP contribution in [0.15, 0.2) is 48.7 Å². The molecule has 19 heavy (non-hydrogen) atoms. The number of aromatic nitrogens is 1. The molecular weight excluding hydrogens is 236 g/mol. The molecule has 0 fully saturated rings. The number of carbonyl (C=O) groups excluding carboxylic acids is 1. The van der Waals surface area contributed by atoms with Crippen molar-refractivity contribution < 1.29 is 4.79 Å². The molecule has 1 amide bonds. The Bertz CT molecular complexity index is 583. The van der Waals surface area contributed by atoms with Crippen LogP contribution in [0, 0.1) is 13.8 Å². The fraction of sp³-hybridized carbons (Fsp3) is 0.125. The Balaban J connectivity index is 2.03. The number of anilines is 1. The molecule has 1 heterocycles. The van der Waals surface area contributed by atoms with Crippen LogP contribution in [0.2, 0.25) is 0 Å². The number of pyridine rings is 1. The minimum absolute atomic E-state index is 0.157. The Morgan fingerprint density at radius 3 is 2.53 bits per heavy atom. The third-order valence-corrected chi connectivity index (χ3v) is 2.58. The number of nitrogens with zero attached hydrogens (tertiary/aromatic N) is 1. The van der Waals surface area contributed by atoms with E-state index in [2.05, 4.69) is 16.4 Å². The first-order valence-electron chi connectivity index (χ1n) is 6.12. The Morgan fingerprint density at radius 1 is 1.16 bits per heavy atom. The summed E-state index contributed by atoms with van der Waals surface area (Å²) in [6, 6.07) is 11.5. The van der Waals surface area contributed by atoms with E-state index < -0.39 is 0 Å². The van der Waals surface area contributed by atoms with Crippen molar-refractivity contribution in [2.45, 2.75) is 13.8 Å². The molecule has 0 saturated heterocycles. The second-order valence-corrected chi connectivity index (χ2v) is 4.45. The highest BCUT2D eigenvalue weighted by molar-refractivity contribution is 6.01. The van der Waals surface area contributed by atoms with Crippen molar-refractivity contribution >= 4 is 17.7 Å². The van der Waals surface area contributed by atoms with E-state index in [1.807, 2.05) is 44.2 Å². The van der Waals surface area contributed by atoms with Crippen molar-refractivity contribution in [3.63, 3.8) is 0 Å². The quantitative estimate of drug-likeness (QED) is 0.851. The molecule has 3 heteroatoms. The van der Waals surface area contributed by atoms with Crippen LogP contribution in [0.25, 0.3) is 6.08 Å². The lowest BCUT2D eigenvalue weighted by atomic mass is 10.1. The summed E-state index contributed by atoms with van der Waals surface area (Å²) in [5.74, 6) is -0.157. The van der Waals surface area contributed by atoms with Crippen molar-refractivity contribution in [3.8, 4) is 0 Å². The van der Waals surface area contributed by atoms with Crippen LogP contribution in [0.1, 0.15) is 16.8 Å². The number of rotatable bonds is 3. The summed E-state index contributed by atoms with van der Waals surface area (Å²) in [4.78, 5) is 15.9. The van der Waals surface area contributed by atoms with Gasteiger partial charge < -0.3 is 5.32 Å². The number of hydrogen-bond donors (Lipinski definition) is 1. The van der Waals surface area contributed by atoms with Crippen molar-refractivity contribution in [2.75, 3.05) is 5.32 Å². The standard InChI is InChI=1S/C16H16N2O/c1-12-9-13(2)11-15(10-12)18-16(19)7-6-14-5-3-4-8-17-14/h3-11H,1-2H3,(H,18,19)/b7-6+. The lowest BCUT2D eigenvalue weighted by Gasteiger charge is -2.05. The summed E-state index contributed by atoms with van der Waals surface area (Å²) in [7, 11) is 0. The Hall–Kier alpha value is -2.42. The molecule has 0 bridgehead atoms. The molecular formula is C16H16N2O. The van der Waals surface area contributed by atoms with E-state index in [1.165, 1.54) is 6.08 Å². The molecule has 1 aromatic carbocycles. The molecule has 0 aliphatic rings. The van der Waals surface area contributed by atoms with Gasteiger partial charge in [-0.3, -0.25) is 9.78 Å². The molecule has 0 atom stereocenters. The van der Waals surface area contributed by atoms with Crippen molar-refractivity contribution in [1.29, 1.82) is 0 Å². The summed E-state index contributed by atoms with van der Waals surface area (Å²) in [6.07, 6.45) is 4.87. The van der Waals surface area contributed by atoms with Gasteiger partial charge in [0.15, 0.2) is 0 Å². The lowest BCUT2D eigenvalue weighted by Crippen LogP contribution is -2.08. The van der Waals surface area contributed by atoms with Gasteiger partial charge in [-0.1, -0.05) is 12.1 Å². The average Bonchev–Trinajstić information content (AvgIpc) is 2.36. The molecule has 0 saturated carbocycles. The number of nitrogens with one attached hydrogen (secondary N) is 1.